The van der Waals surface area contributed by atoms with Crippen LogP contribution in [0.5, 0.6) is 0 Å². The van der Waals surface area contributed by atoms with Crippen molar-refractivity contribution < 1.29 is 5.11 Å². The molecule has 0 spiro atoms. The monoisotopic (exact) mass is 285 g/mol. The van der Waals surface area contributed by atoms with Gasteiger partial charge in [-0.3, -0.25) is 0 Å². The summed E-state index contributed by atoms with van der Waals surface area (Å²) in [5.74, 6) is 0.156. The molecule has 0 saturated heterocycles. The normalized spacial score (nSPS) is 11.1. The fraction of sp³-hybridized carbons (Fsp3) is 0.154. The lowest BCUT2D eigenvalue weighted by Crippen LogP contribution is -2.07. The lowest BCUT2D eigenvalue weighted by molar-refractivity contribution is 0.270. The summed E-state index contributed by atoms with van der Waals surface area (Å²) in [6.07, 6.45) is 1.66. The van der Waals surface area contributed by atoms with Gasteiger partial charge in [0.2, 0.25) is 0 Å². The van der Waals surface area contributed by atoms with Crippen molar-refractivity contribution in [2.24, 2.45) is 0 Å². The second kappa shape index (κ2) is 6.02. The number of aromatic nitrogens is 2. The van der Waals surface area contributed by atoms with Crippen LogP contribution in [0.4, 0.5) is 5.82 Å². The summed E-state index contributed by atoms with van der Waals surface area (Å²) in [4.78, 5) is 0.890. The lowest BCUT2D eigenvalue weighted by atomic mass is 10.1. The number of rotatable bonds is 4. The highest BCUT2D eigenvalue weighted by atomic mass is 32.1. The minimum Gasteiger partial charge on any atom is -0.394 e. The van der Waals surface area contributed by atoms with E-state index in [4.69, 9.17) is 10.8 Å². The van der Waals surface area contributed by atoms with Crippen LogP contribution in [-0.4, -0.2) is 21.5 Å². The second-order valence-electron chi connectivity index (χ2n) is 3.85. The molecule has 0 bridgehead atoms. The van der Waals surface area contributed by atoms with Crippen molar-refractivity contribution in [3.8, 4) is 12.1 Å². The van der Waals surface area contributed by atoms with Crippen molar-refractivity contribution in [2.75, 3.05) is 12.3 Å². The van der Waals surface area contributed by atoms with Gasteiger partial charge in [0.25, 0.3) is 0 Å². The number of nitrogens with two attached hydrogens (primary N) is 1. The molecule has 0 radical (unpaired) electrons. The van der Waals surface area contributed by atoms with Crippen LogP contribution >= 0.6 is 11.3 Å². The van der Waals surface area contributed by atoms with E-state index in [0.717, 1.165) is 4.88 Å². The van der Waals surface area contributed by atoms with Gasteiger partial charge in [-0.15, -0.1) is 11.3 Å². The van der Waals surface area contributed by atoms with Gasteiger partial charge < -0.3 is 10.8 Å². The Balaban J connectivity index is 2.54. The first-order valence-electron chi connectivity index (χ1n) is 5.74. The summed E-state index contributed by atoms with van der Waals surface area (Å²) >= 11 is 1.48. The van der Waals surface area contributed by atoms with Gasteiger partial charge in [0.15, 0.2) is 0 Å². The van der Waals surface area contributed by atoms with Crippen LogP contribution < -0.4 is 5.73 Å². The van der Waals surface area contributed by atoms with Crippen molar-refractivity contribution in [1.82, 2.24) is 9.78 Å². The molecular weight excluding hydrogens is 274 g/mol. The highest BCUT2D eigenvalue weighted by molar-refractivity contribution is 7.10. The van der Waals surface area contributed by atoms with Crippen molar-refractivity contribution in [2.45, 2.75) is 6.54 Å². The van der Waals surface area contributed by atoms with Gasteiger partial charge in [0.05, 0.1) is 18.7 Å². The van der Waals surface area contributed by atoms with Crippen LogP contribution in [0.25, 0.3) is 11.6 Å². The number of nitrogens with zero attached hydrogens (tertiary/aromatic N) is 4. The largest absolute Gasteiger partial charge is 0.394 e. The van der Waals surface area contributed by atoms with Crippen LogP contribution in [0.2, 0.25) is 0 Å². The summed E-state index contributed by atoms with van der Waals surface area (Å²) < 4.78 is 1.33. The molecule has 0 atom stereocenters. The molecule has 2 aromatic heterocycles. The summed E-state index contributed by atoms with van der Waals surface area (Å²) in [6, 6.07) is 7.73. The average Bonchev–Trinajstić information content (AvgIpc) is 3.05. The van der Waals surface area contributed by atoms with Gasteiger partial charge >= 0.3 is 0 Å². The Morgan fingerprint density at radius 1 is 1.55 bits per heavy atom. The molecule has 0 saturated carbocycles. The third-order valence-electron chi connectivity index (χ3n) is 2.62. The smallest absolute Gasteiger partial charge is 0.140 e. The molecule has 2 heterocycles. The molecule has 2 aromatic rings. The summed E-state index contributed by atoms with van der Waals surface area (Å²) in [7, 11) is 0. The van der Waals surface area contributed by atoms with Crippen LogP contribution in [0, 0.1) is 22.7 Å². The highest BCUT2D eigenvalue weighted by Gasteiger charge is 2.18. The molecule has 2 rings (SSSR count). The summed E-state index contributed by atoms with van der Waals surface area (Å²) in [5.41, 5.74) is 6.47. The Labute approximate surface area is 119 Å². The maximum absolute atomic E-state index is 9.27. The van der Waals surface area contributed by atoms with E-state index in [1.807, 2.05) is 29.7 Å². The van der Waals surface area contributed by atoms with Crippen molar-refractivity contribution in [3.05, 3.63) is 33.6 Å². The third kappa shape index (κ3) is 2.54. The maximum atomic E-state index is 9.27. The van der Waals surface area contributed by atoms with E-state index in [2.05, 4.69) is 5.10 Å². The van der Waals surface area contributed by atoms with Crippen molar-refractivity contribution >= 4 is 28.8 Å². The zero-order valence-corrected chi connectivity index (χ0v) is 11.3. The number of anilines is 1. The van der Waals surface area contributed by atoms with Gasteiger partial charge in [0, 0.05) is 4.88 Å². The predicted molar refractivity (Wildman–Crippen MR) is 76.2 cm³/mol. The summed E-state index contributed by atoms with van der Waals surface area (Å²) in [5, 5.41) is 33.4. The molecule has 0 aromatic carbocycles. The number of aliphatic hydroxyl groups is 1. The Morgan fingerprint density at radius 2 is 2.35 bits per heavy atom. The van der Waals surface area contributed by atoms with E-state index < -0.39 is 0 Å². The molecule has 7 heteroatoms. The minimum atomic E-state index is -0.146. The first-order chi connectivity index (χ1) is 9.71. The number of aliphatic hydroxyl groups excluding tert-OH is 1. The molecule has 0 aliphatic rings. The third-order valence-corrected chi connectivity index (χ3v) is 3.44. The van der Waals surface area contributed by atoms with E-state index in [1.54, 1.807) is 6.08 Å². The lowest BCUT2D eigenvalue weighted by Gasteiger charge is -1.98. The van der Waals surface area contributed by atoms with Gasteiger partial charge in [-0.2, -0.15) is 15.6 Å². The minimum absolute atomic E-state index is 0.146. The molecule has 0 unspecified atom stereocenters. The van der Waals surface area contributed by atoms with Crippen LogP contribution in [0.15, 0.2) is 17.5 Å². The zero-order chi connectivity index (χ0) is 14.5. The van der Waals surface area contributed by atoms with Gasteiger partial charge in [-0.05, 0) is 17.5 Å². The highest BCUT2D eigenvalue weighted by Crippen LogP contribution is 2.25. The molecule has 0 amide bonds. The van der Waals surface area contributed by atoms with E-state index >= 15 is 0 Å². The molecular formula is C13H11N5OS. The quantitative estimate of drug-likeness (QED) is 0.826. The Morgan fingerprint density at radius 3 is 2.90 bits per heavy atom. The SMILES string of the molecule is N#C/C(=C\c1cccs1)c1nn(CCO)c(N)c1C#N. The first kappa shape index (κ1) is 13.8. The molecule has 6 nitrogen and oxygen atoms in total. The van der Waals surface area contributed by atoms with Crippen LogP contribution in [0.1, 0.15) is 16.1 Å². The van der Waals surface area contributed by atoms with Crippen molar-refractivity contribution in [1.29, 1.82) is 10.5 Å². The summed E-state index contributed by atoms with van der Waals surface area (Å²) in [6.45, 7) is 0.0327. The molecule has 100 valence electrons. The fourth-order valence-electron chi connectivity index (χ4n) is 1.71. The maximum Gasteiger partial charge on any atom is 0.140 e. The zero-order valence-electron chi connectivity index (χ0n) is 10.4. The molecule has 3 N–H and O–H groups in total. The number of hydrogen-bond acceptors (Lipinski definition) is 6. The van der Waals surface area contributed by atoms with E-state index in [1.165, 1.54) is 16.0 Å². The van der Waals surface area contributed by atoms with E-state index in [-0.39, 0.29) is 35.8 Å². The molecule has 0 aliphatic carbocycles. The van der Waals surface area contributed by atoms with E-state index in [0.29, 0.717) is 0 Å². The fourth-order valence-corrected chi connectivity index (χ4v) is 2.37. The molecule has 20 heavy (non-hydrogen) atoms. The number of allylic oxidation sites excluding steroid dienone is 1. The standard InChI is InChI=1S/C13H11N5OS/c14-7-9(6-10-2-1-5-20-10)12-11(8-15)13(16)18(17-12)3-4-19/h1-2,5-6,19H,3-4,16H2/b9-6+. The predicted octanol–water partition coefficient (Wildman–Crippen LogP) is 1.45. The first-order valence-corrected chi connectivity index (χ1v) is 6.62. The molecule has 0 aliphatic heterocycles. The molecule has 0 fully saturated rings. The van der Waals surface area contributed by atoms with Gasteiger partial charge in [-0.1, -0.05) is 6.07 Å². The Kier molecular flexibility index (Phi) is 4.16. The Hall–Kier alpha value is -2.61. The van der Waals surface area contributed by atoms with Gasteiger partial charge in [0.1, 0.15) is 29.2 Å². The van der Waals surface area contributed by atoms with E-state index in [9.17, 15) is 10.5 Å². The Bertz CT molecular complexity index is 715. The van der Waals surface area contributed by atoms with Crippen LogP contribution in [0.3, 0.4) is 0 Å². The number of thiophene rings is 1. The topological polar surface area (TPSA) is 112 Å². The van der Waals surface area contributed by atoms with Gasteiger partial charge in [-0.25, -0.2) is 4.68 Å². The average molecular weight is 285 g/mol. The van der Waals surface area contributed by atoms with Crippen LogP contribution in [-0.2, 0) is 6.54 Å². The number of hydrogen-bond donors (Lipinski definition) is 2. The number of nitrogen functional groups attached to an aromatic ring is 1. The second-order valence-corrected chi connectivity index (χ2v) is 4.83. The van der Waals surface area contributed by atoms with Crippen molar-refractivity contribution in [3.63, 3.8) is 0 Å². The number of nitriles is 2.